The highest BCUT2D eigenvalue weighted by Gasteiger charge is 2.61. The van der Waals surface area contributed by atoms with Gasteiger partial charge in [0, 0.05) is 58.0 Å². The summed E-state index contributed by atoms with van der Waals surface area (Å²) >= 11 is 0. The van der Waals surface area contributed by atoms with Crippen LogP contribution < -0.4 is 10.6 Å². The number of epoxide rings is 1. The van der Waals surface area contributed by atoms with Gasteiger partial charge in [-0.3, -0.25) is 28.8 Å². The van der Waals surface area contributed by atoms with Gasteiger partial charge in [-0.25, -0.2) is 0 Å². The van der Waals surface area contributed by atoms with Crippen molar-refractivity contribution < 1.29 is 70.6 Å². The SMILES string of the molecule is CNC(=O)C1CC(OC=O)C(C(=O)Nc2ccc(C(=O)/C=C/c3ccc(C)c(C)c3)cc2C)C1CC(=O)O.CO[Si](C)(CCC1CCC(O)C(OC(=O)C2CCC3(C)C(CCC4C3CCC3(C)C(C(C)CCCC(C)C)CCC43)C2)C1)O[Si](CCC1CCC2OC2C1)(OC)OC. The van der Waals surface area contributed by atoms with Gasteiger partial charge in [-0.15, -0.1) is 0 Å². The van der Waals surface area contributed by atoms with E-state index in [4.69, 9.17) is 31.6 Å². The van der Waals surface area contributed by atoms with Crippen molar-refractivity contribution >= 4 is 65.1 Å². The number of aliphatic carboxylic acids is 1. The van der Waals surface area contributed by atoms with Crippen LogP contribution in [0.2, 0.25) is 18.6 Å². The Bertz CT molecular complexity index is 3050. The number of carbonyl (C=O) groups is 6. The lowest BCUT2D eigenvalue weighted by atomic mass is 9.44. The summed E-state index contributed by atoms with van der Waals surface area (Å²) in [6.45, 7) is 20.7. The quantitative estimate of drug-likeness (QED) is 0.0155. The number of benzene rings is 2. The van der Waals surface area contributed by atoms with Crippen molar-refractivity contribution in [3.05, 3.63) is 70.3 Å². The molecule has 0 aromatic heterocycles. The molecule has 8 fully saturated rings. The molecule has 2 aromatic carbocycles. The van der Waals surface area contributed by atoms with E-state index in [1.165, 1.54) is 89.3 Å². The van der Waals surface area contributed by atoms with Crippen LogP contribution in [0.15, 0.2) is 42.5 Å². The summed E-state index contributed by atoms with van der Waals surface area (Å²) in [4.78, 5) is 75.0. The van der Waals surface area contributed by atoms with Crippen molar-refractivity contribution in [2.45, 2.75) is 246 Å². The number of ketones is 1. The molecular formula is C77H118N2O15Si2. The van der Waals surface area contributed by atoms with Crippen LogP contribution in [0.4, 0.5) is 5.69 Å². The van der Waals surface area contributed by atoms with Gasteiger partial charge >= 0.3 is 29.3 Å². The number of nitrogens with one attached hydrogen (secondary N) is 2. The maximum atomic E-state index is 14.0. The van der Waals surface area contributed by atoms with E-state index in [-0.39, 0.29) is 30.6 Å². The van der Waals surface area contributed by atoms with Crippen molar-refractivity contribution in [2.24, 2.45) is 87.8 Å². The fourth-order valence-electron chi connectivity index (χ4n) is 19.8. The van der Waals surface area contributed by atoms with Gasteiger partial charge in [-0.1, -0.05) is 78.2 Å². The largest absolute Gasteiger partial charge is 0.491 e. The number of aliphatic hydroxyl groups is 1. The summed E-state index contributed by atoms with van der Waals surface area (Å²) in [5, 5.41) is 25.8. The molecular weight excluding hydrogens is 1250 g/mol. The third-order valence-corrected chi connectivity index (χ3v) is 33.0. The number of aryl methyl sites for hydroxylation is 3. The number of carboxylic acid groups (broad SMARTS) is 1. The molecule has 96 heavy (non-hydrogen) atoms. The van der Waals surface area contributed by atoms with Gasteiger partial charge < -0.3 is 52.5 Å². The highest BCUT2D eigenvalue weighted by Crippen LogP contribution is 2.69. The van der Waals surface area contributed by atoms with Gasteiger partial charge in [0.1, 0.15) is 12.2 Å². The molecule has 20 unspecified atom stereocenters. The Hall–Kier alpha value is -4.61. The first kappa shape index (κ1) is 75.6. The van der Waals surface area contributed by atoms with E-state index in [9.17, 15) is 39.0 Å². The first-order chi connectivity index (χ1) is 45.7. The van der Waals surface area contributed by atoms with Crippen molar-refractivity contribution in [3.63, 3.8) is 0 Å². The van der Waals surface area contributed by atoms with E-state index in [1.807, 2.05) is 32.0 Å². The first-order valence-corrected chi connectivity index (χ1v) is 41.3. The van der Waals surface area contributed by atoms with Gasteiger partial charge in [-0.2, -0.15) is 0 Å². The lowest BCUT2D eigenvalue weighted by molar-refractivity contribution is -0.171. The third-order valence-electron chi connectivity index (χ3n) is 25.9. The van der Waals surface area contributed by atoms with E-state index in [2.05, 4.69) is 51.8 Å². The lowest BCUT2D eigenvalue weighted by Gasteiger charge is -2.61. The second-order valence-corrected chi connectivity index (χ2v) is 38.6. The van der Waals surface area contributed by atoms with Crippen LogP contribution >= 0.6 is 0 Å². The molecule has 0 radical (unpaired) electrons. The molecule has 1 saturated heterocycles. The van der Waals surface area contributed by atoms with Crippen molar-refractivity contribution in [1.82, 2.24) is 5.32 Å². The second kappa shape index (κ2) is 32.8. The normalized spacial score (nSPS) is 34.0. The molecule has 8 aliphatic rings. The van der Waals surface area contributed by atoms with E-state index in [0.29, 0.717) is 70.4 Å². The van der Waals surface area contributed by atoms with Gasteiger partial charge in [0.25, 0.3) is 6.47 Å². The Labute approximate surface area is 575 Å². The Kier molecular flexibility index (Phi) is 25.8. The predicted octanol–water partition coefficient (Wildman–Crippen LogP) is 14.6. The zero-order valence-electron chi connectivity index (χ0n) is 60.3. The van der Waals surface area contributed by atoms with Crippen LogP contribution in [0.1, 0.15) is 208 Å². The fourth-order valence-corrected chi connectivity index (χ4v) is 26.7. The number of allylic oxidation sites excluding steroid dienone is 1. The zero-order valence-corrected chi connectivity index (χ0v) is 62.3. The Morgan fingerprint density at radius 3 is 2.14 bits per heavy atom. The summed E-state index contributed by atoms with van der Waals surface area (Å²) in [5.74, 6) is 1.56. The molecule has 0 spiro atoms. The number of fused-ring (bicyclic) bond motifs is 6. The lowest BCUT2D eigenvalue weighted by Crippen LogP contribution is -2.55. The molecule has 10 rings (SSSR count). The summed E-state index contributed by atoms with van der Waals surface area (Å²) in [6, 6.07) is 12.4. The number of carboxylic acids is 1. The van der Waals surface area contributed by atoms with Crippen LogP contribution in [0.3, 0.4) is 0 Å². The molecule has 7 aliphatic carbocycles. The predicted molar refractivity (Wildman–Crippen MR) is 376 cm³/mol. The molecule has 20 atom stereocenters. The van der Waals surface area contributed by atoms with E-state index in [1.54, 1.807) is 52.5 Å². The summed E-state index contributed by atoms with van der Waals surface area (Å²) in [7, 11) is 1.12. The number of rotatable bonds is 28. The molecule has 2 aromatic rings. The van der Waals surface area contributed by atoms with Crippen LogP contribution in [0, 0.1) is 109 Å². The highest BCUT2D eigenvalue weighted by molar-refractivity contribution is 6.77. The van der Waals surface area contributed by atoms with Gasteiger partial charge in [0.2, 0.25) is 11.8 Å². The molecule has 17 nitrogen and oxygen atoms in total. The van der Waals surface area contributed by atoms with Crippen LogP contribution in [0.5, 0.6) is 0 Å². The smallest absolute Gasteiger partial charge is 0.481 e. The second-order valence-electron chi connectivity index (χ2n) is 32.0. The molecule has 7 saturated carbocycles. The maximum Gasteiger partial charge on any atom is 0.491 e. The van der Waals surface area contributed by atoms with E-state index < -0.39 is 77.6 Å². The Morgan fingerprint density at radius 1 is 0.740 bits per heavy atom. The van der Waals surface area contributed by atoms with E-state index >= 15 is 0 Å². The molecule has 4 N–H and O–H groups in total. The van der Waals surface area contributed by atoms with Crippen molar-refractivity contribution in [2.75, 3.05) is 33.7 Å². The molecule has 1 aliphatic heterocycles. The first-order valence-electron chi connectivity index (χ1n) is 36.8. The van der Waals surface area contributed by atoms with Gasteiger partial charge in [0.05, 0.1) is 30.1 Å². The van der Waals surface area contributed by atoms with Crippen LogP contribution in [-0.2, 0) is 55.6 Å². The van der Waals surface area contributed by atoms with Crippen LogP contribution in [-0.4, -0.2) is 122 Å². The highest BCUT2D eigenvalue weighted by atomic mass is 28.5. The monoisotopic (exact) mass is 1370 g/mol. The number of ether oxygens (including phenoxy) is 3. The van der Waals surface area contributed by atoms with Crippen LogP contribution in [0.25, 0.3) is 6.08 Å². The topological polar surface area (TPSA) is 235 Å². The molecule has 0 bridgehead atoms. The summed E-state index contributed by atoms with van der Waals surface area (Å²) < 4.78 is 42.4. The molecule has 534 valence electrons. The number of anilines is 1. The molecule has 2 amide bonds. The minimum Gasteiger partial charge on any atom is -0.481 e. The summed E-state index contributed by atoms with van der Waals surface area (Å²) in [6.07, 6.45) is 25.1. The van der Waals surface area contributed by atoms with Gasteiger partial charge in [-0.05, 0) is 265 Å². The number of amides is 2. The summed E-state index contributed by atoms with van der Waals surface area (Å²) in [5.41, 5.74) is 5.55. The maximum absolute atomic E-state index is 14.0. The number of esters is 1. The number of hydrogen-bond donors (Lipinski definition) is 4. The number of hydrogen-bond acceptors (Lipinski definition) is 14. The third kappa shape index (κ3) is 17.7. The van der Waals surface area contributed by atoms with E-state index in [0.717, 1.165) is 104 Å². The standard InChI is InChI=1S/C48H86O8Si2.C29H32N2O7/c1-32(2)11-10-12-33(3)39-17-18-40-38-16-15-37-31-36(21-25-47(37,4)41(38)22-26-48(39,40)5)46(50)55-44-29-34(13-19-42(44)49)23-27-57(9,51-6)56-58(52-7,53-8)28-24-35-14-20-43-45(30-35)54-43;1-16-5-6-19(11-17(16)2)7-10-24(33)20-8-9-23(18(3)12-20)31-29(37)27-21(14-26(34)35)22(28(36)30-4)13-25(27)38-15-32/h32-45,49H,10-31H2,1-9H3;5-12,15,21-22,25,27H,13-14H2,1-4H3,(H,30,36)(H,31,37)(H,34,35)/b;10-7+. The molecule has 1 heterocycles. The average Bonchev–Trinajstić information content (AvgIpc) is 1.32. The molecule has 19 heteroatoms. The fraction of sp³-hybridized carbons (Fsp3) is 0.740. The Morgan fingerprint density at radius 2 is 1.46 bits per heavy atom. The number of carbonyl (C=O) groups excluding carboxylic acids is 5. The Balaban J connectivity index is 0.000000247. The zero-order chi connectivity index (χ0) is 69.4. The minimum absolute atomic E-state index is 0.0354. The minimum atomic E-state index is -2.91. The van der Waals surface area contributed by atoms with Crippen molar-refractivity contribution in [1.29, 1.82) is 0 Å². The van der Waals surface area contributed by atoms with Crippen molar-refractivity contribution in [3.8, 4) is 0 Å². The van der Waals surface area contributed by atoms with Gasteiger partial charge in [0.15, 0.2) is 5.78 Å². The number of aliphatic hydroxyl groups excluding tert-OH is 1. The average molecular weight is 1370 g/mol.